The van der Waals surface area contributed by atoms with Crippen molar-refractivity contribution in [3.8, 4) is 17.2 Å². The summed E-state index contributed by atoms with van der Waals surface area (Å²) in [5.41, 5.74) is 2.09. The summed E-state index contributed by atoms with van der Waals surface area (Å²) in [4.78, 5) is 0.143. The zero-order valence-electron chi connectivity index (χ0n) is 19.5. The Morgan fingerprint density at radius 3 is 2.27 bits per heavy atom. The van der Waals surface area contributed by atoms with E-state index in [2.05, 4.69) is 5.32 Å². The van der Waals surface area contributed by atoms with E-state index in [-0.39, 0.29) is 10.6 Å². The van der Waals surface area contributed by atoms with Gasteiger partial charge in [-0.1, -0.05) is 0 Å². The number of methoxy groups -OCH3 is 3. The lowest BCUT2D eigenvalue weighted by Crippen LogP contribution is -2.44. The molecule has 1 N–H and O–H groups in total. The highest BCUT2D eigenvalue weighted by Crippen LogP contribution is 2.32. The molecule has 10 heteroatoms. The van der Waals surface area contributed by atoms with Crippen molar-refractivity contribution in [2.24, 2.45) is 0 Å². The number of aryl methyl sites for hydroxylation is 2. The molecule has 3 rings (SSSR count). The van der Waals surface area contributed by atoms with Crippen molar-refractivity contribution in [2.75, 3.05) is 39.4 Å². The van der Waals surface area contributed by atoms with Gasteiger partial charge < -0.3 is 19.5 Å². The molecule has 0 radical (unpaired) electrons. The van der Waals surface area contributed by atoms with Crippen molar-refractivity contribution >= 4 is 19.7 Å². The smallest absolute Gasteiger partial charge is 0.184 e. The molecule has 182 valence electrons. The fourth-order valence-electron chi connectivity index (χ4n) is 4.23. The highest BCUT2D eigenvalue weighted by molar-refractivity contribution is 7.96. The van der Waals surface area contributed by atoms with Gasteiger partial charge in [0.15, 0.2) is 19.7 Å². The van der Waals surface area contributed by atoms with Gasteiger partial charge in [0.2, 0.25) is 0 Å². The van der Waals surface area contributed by atoms with Gasteiger partial charge in [0.1, 0.15) is 17.2 Å². The van der Waals surface area contributed by atoms with Crippen LogP contribution in [0.2, 0.25) is 0 Å². The van der Waals surface area contributed by atoms with E-state index in [1.54, 1.807) is 52.3 Å². The van der Waals surface area contributed by atoms with Crippen molar-refractivity contribution in [2.45, 2.75) is 36.5 Å². The summed E-state index contributed by atoms with van der Waals surface area (Å²) in [5.74, 6) is 1.33. The average molecular weight is 498 g/mol. The van der Waals surface area contributed by atoms with Crippen molar-refractivity contribution < 1.29 is 31.0 Å². The van der Waals surface area contributed by atoms with E-state index >= 15 is 0 Å². The molecule has 0 saturated carbocycles. The predicted octanol–water partition coefficient (Wildman–Crippen LogP) is 2.10. The van der Waals surface area contributed by atoms with Crippen LogP contribution in [0.1, 0.15) is 16.7 Å². The van der Waals surface area contributed by atoms with Crippen molar-refractivity contribution in [3.63, 3.8) is 0 Å². The van der Waals surface area contributed by atoms with Gasteiger partial charge in [0, 0.05) is 6.04 Å². The molecule has 0 spiro atoms. The van der Waals surface area contributed by atoms with Crippen LogP contribution >= 0.6 is 0 Å². The Morgan fingerprint density at radius 1 is 0.939 bits per heavy atom. The number of rotatable bonds is 9. The molecule has 0 aromatic heterocycles. The molecule has 0 aliphatic carbocycles. The highest BCUT2D eigenvalue weighted by Gasteiger charge is 2.46. The Labute approximate surface area is 196 Å². The lowest BCUT2D eigenvalue weighted by molar-refractivity contribution is 0.398. The highest BCUT2D eigenvalue weighted by atomic mass is 32.2. The quantitative estimate of drug-likeness (QED) is 0.561. The summed E-state index contributed by atoms with van der Waals surface area (Å²) < 4.78 is 67.9. The van der Waals surface area contributed by atoms with Gasteiger partial charge in [0.25, 0.3) is 0 Å². The van der Waals surface area contributed by atoms with Crippen molar-refractivity contribution in [3.05, 3.63) is 47.0 Å². The molecule has 0 unspecified atom stereocenters. The van der Waals surface area contributed by atoms with E-state index in [1.807, 2.05) is 6.07 Å². The van der Waals surface area contributed by atoms with E-state index in [1.165, 1.54) is 7.11 Å². The van der Waals surface area contributed by atoms with Gasteiger partial charge >= 0.3 is 0 Å². The second-order valence-corrected chi connectivity index (χ2v) is 12.5. The summed E-state index contributed by atoms with van der Waals surface area (Å²) in [7, 11) is -2.73. The van der Waals surface area contributed by atoms with Crippen molar-refractivity contribution in [1.29, 1.82) is 0 Å². The van der Waals surface area contributed by atoms with Crippen LogP contribution in [-0.2, 0) is 26.1 Å². The van der Waals surface area contributed by atoms with Crippen LogP contribution in [0.25, 0.3) is 0 Å². The van der Waals surface area contributed by atoms with Crippen LogP contribution in [0.15, 0.2) is 35.2 Å². The first-order chi connectivity index (χ1) is 15.5. The summed E-state index contributed by atoms with van der Waals surface area (Å²) >= 11 is 0. The third kappa shape index (κ3) is 5.44. The molecule has 2 aromatic carbocycles. The standard InChI is InChI=1S/C23H31NO7S2/c1-15-11-22(16(2)10-21(15)31-5)33(27,28)23-14-32(25,26)13-19(23)24-9-8-17-12-18(29-3)6-7-20(17)30-4/h6-7,10-12,19,23-24H,8-9,13-14H2,1-5H3/t19-,23-/m0/s1. The van der Waals surface area contributed by atoms with Crippen LogP contribution in [-0.4, -0.2) is 67.5 Å². The third-order valence-corrected chi connectivity index (χ3v) is 10.3. The first-order valence-electron chi connectivity index (χ1n) is 10.6. The minimum Gasteiger partial charge on any atom is -0.497 e. The minimum atomic E-state index is -3.90. The zero-order valence-corrected chi connectivity index (χ0v) is 21.2. The SMILES string of the molecule is COc1ccc(OC)c(CCN[C@H]2CS(=O)(=O)C[C@@H]2S(=O)(=O)c2cc(C)c(OC)cc2C)c1. The summed E-state index contributed by atoms with van der Waals surface area (Å²) in [6.07, 6.45) is 0.518. The number of hydrogen-bond acceptors (Lipinski definition) is 8. The average Bonchev–Trinajstić information content (AvgIpc) is 3.09. The second-order valence-electron chi connectivity index (χ2n) is 8.24. The van der Waals surface area contributed by atoms with Crippen LogP contribution in [0.5, 0.6) is 17.2 Å². The zero-order chi connectivity index (χ0) is 24.4. The van der Waals surface area contributed by atoms with Gasteiger partial charge in [0.05, 0.1) is 43.0 Å². The summed E-state index contributed by atoms with van der Waals surface area (Å²) in [5, 5.41) is 2.11. The number of sulfone groups is 2. The Morgan fingerprint density at radius 2 is 1.64 bits per heavy atom. The number of nitrogens with one attached hydrogen (secondary N) is 1. The van der Waals surface area contributed by atoms with E-state index in [0.29, 0.717) is 41.3 Å². The number of benzene rings is 2. The largest absolute Gasteiger partial charge is 0.497 e. The minimum absolute atomic E-state index is 0.143. The Balaban J connectivity index is 1.84. The van der Waals surface area contributed by atoms with E-state index < -0.39 is 36.7 Å². The fraction of sp³-hybridized carbons (Fsp3) is 0.478. The molecule has 1 saturated heterocycles. The summed E-state index contributed by atoms with van der Waals surface area (Å²) in [6, 6.07) is 7.97. The molecule has 1 aliphatic rings. The maximum atomic E-state index is 13.5. The van der Waals surface area contributed by atoms with Crippen molar-refractivity contribution in [1.82, 2.24) is 5.32 Å². The Hall–Kier alpha value is -2.30. The number of hydrogen-bond donors (Lipinski definition) is 1. The van der Waals surface area contributed by atoms with E-state index in [9.17, 15) is 16.8 Å². The molecule has 1 fully saturated rings. The molecule has 1 heterocycles. The normalized spacial score (nSPS) is 19.9. The fourth-order valence-corrected chi connectivity index (χ4v) is 9.26. The third-order valence-electron chi connectivity index (χ3n) is 5.99. The molecular weight excluding hydrogens is 466 g/mol. The molecule has 1 aliphatic heterocycles. The van der Waals surface area contributed by atoms with Gasteiger partial charge in [-0.3, -0.25) is 0 Å². The maximum Gasteiger partial charge on any atom is 0.184 e. The Kier molecular flexibility index (Phi) is 7.60. The maximum absolute atomic E-state index is 13.5. The topological polar surface area (TPSA) is 108 Å². The van der Waals surface area contributed by atoms with Gasteiger partial charge in [-0.05, 0) is 73.8 Å². The van der Waals surface area contributed by atoms with Crippen LogP contribution in [0.3, 0.4) is 0 Å². The first kappa shape index (κ1) is 25.3. The van der Waals surface area contributed by atoms with Crippen LogP contribution in [0, 0.1) is 13.8 Å². The van der Waals surface area contributed by atoms with Crippen LogP contribution < -0.4 is 19.5 Å². The van der Waals surface area contributed by atoms with Crippen LogP contribution in [0.4, 0.5) is 0 Å². The molecule has 0 bridgehead atoms. The van der Waals surface area contributed by atoms with E-state index in [4.69, 9.17) is 14.2 Å². The predicted molar refractivity (Wildman–Crippen MR) is 127 cm³/mol. The molecule has 2 aromatic rings. The summed E-state index contributed by atoms with van der Waals surface area (Å²) in [6.45, 7) is 3.84. The van der Waals surface area contributed by atoms with Gasteiger partial charge in [-0.15, -0.1) is 0 Å². The molecular formula is C23H31NO7S2. The molecule has 2 atom stereocenters. The first-order valence-corrected chi connectivity index (χ1v) is 13.9. The van der Waals surface area contributed by atoms with Gasteiger partial charge in [-0.2, -0.15) is 0 Å². The second kappa shape index (κ2) is 9.90. The molecule has 33 heavy (non-hydrogen) atoms. The molecule has 8 nitrogen and oxygen atoms in total. The van der Waals surface area contributed by atoms with Gasteiger partial charge in [-0.25, -0.2) is 16.8 Å². The lowest BCUT2D eigenvalue weighted by atomic mass is 10.1. The monoisotopic (exact) mass is 497 g/mol. The van der Waals surface area contributed by atoms with E-state index in [0.717, 1.165) is 5.56 Å². The lowest BCUT2D eigenvalue weighted by Gasteiger charge is -2.22. The molecule has 0 amide bonds. The Bertz CT molecular complexity index is 1220. The number of ether oxygens (including phenoxy) is 3.